The highest BCUT2D eigenvalue weighted by atomic mass is 19.2. The SMILES string of the molecule is CC(C)N1CC(F)C(F)C1.CC(C)N1CCCC1. The Morgan fingerprint density at radius 1 is 0.778 bits per heavy atom. The Hall–Kier alpha value is -0.220. The zero-order valence-electron chi connectivity index (χ0n) is 12.2. The predicted molar refractivity (Wildman–Crippen MR) is 72.4 cm³/mol. The molecule has 0 spiro atoms. The molecule has 2 heterocycles. The van der Waals surface area contributed by atoms with Gasteiger partial charge >= 0.3 is 0 Å². The number of hydrogen-bond acceptors (Lipinski definition) is 2. The van der Waals surface area contributed by atoms with E-state index in [1.54, 1.807) is 0 Å². The van der Waals surface area contributed by atoms with E-state index in [0.29, 0.717) is 0 Å². The van der Waals surface area contributed by atoms with Crippen LogP contribution in [0.25, 0.3) is 0 Å². The van der Waals surface area contributed by atoms with E-state index < -0.39 is 12.3 Å². The number of likely N-dealkylation sites (tertiary alicyclic amines) is 2. The maximum Gasteiger partial charge on any atom is 0.145 e. The van der Waals surface area contributed by atoms with Crippen molar-refractivity contribution in [1.29, 1.82) is 0 Å². The van der Waals surface area contributed by atoms with Crippen LogP contribution in [0, 0.1) is 0 Å². The number of alkyl halides is 2. The topological polar surface area (TPSA) is 6.48 Å². The molecule has 0 aromatic carbocycles. The van der Waals surface area contributed by atoms with Crippen molar-refractivity contribution < 1.29 is 8.78 Å². The first kappa shape index (κ1) is 15.8. The molecule has 0 amide bonds. The minimum absolute atomic E-state index is 0.263. The first-order valence-electron chi connectivity index (χ1n) is 7.18. The van der Waals surface area contributed by atoms with Crippen molar-refractivity contribution in [1.82, 2.24) is 9.80 Å². The third-order valence-electron chi connectivity index (χ3n) is 3.81. The number of hydrogen-bond donors (Lipinski definition) is 0. The molecule has 0 N–H and O–H groups in total. The van der Waals surface area contributed by atoms with Gasteiger partial charge in [-0.1, -0.05) is 0 Å². The Morgan fingerprint density at radius 3 is 1.39 bits per heavy atom. The molecule has 2 saturated heterocycles. The maximum absolute atomic E-state index is 12.5. The summed E-state index contributed by atoms with van der Waals surface area (Å²) in [5.41, 5.74) is 0. The molecule has 2 nitrogen and oxygen atoms in total. The van der Waals surface area contributed by atoms with Gasteiger partial charge in [-0.3, -0.25) is 4.90 Å². The number of halogens is 2. The van der Waals surface area contributed by atoms with Crippen molar-refractivity contribution in [2.24, 2.45) is 0 Å². The predicted octanol–water partition coefficient (Wildman–Crippen LogP) is 2.88. The first-order chi connectivity index (χ1) is 8.41. The Labute approximate surface area is 110 Å². The highest BCUT2D eigenvalue weighted by Crippen LogP contribution is 2.18. The smallest absolute Gasteiger partial charge is 0.145 e. The van der Waals surface area contributed by atoms with E-state index in [1.165, 1.54) is 25.9 Å². The average Bonchev–Trinajstić information content (AvgIpc) is 2.90. The lowest BCUT2D eigenvalue weighted by molar-refractivity contribution is 0.217. The molecule has 2 atom stereocenters. The Balaban J connectivity index is 0.000000184. The third-order valence-corrected chi connectivity index (χ3v) is 3.81. The largest absolute Gasteiger partial charge is 0.301 e. The van der Waals surface area contributed by atoms with Crippen LogP contribution in [0.3, 0.4) is 0 Å². The molecule has 0 bridgehead atoms. The molecular formula is C14H28F2N2. The van der Waals surface area contributed by atoms with Gasteiger partial charge in [0, 0.05) is 25.2 Å². The summed E-state index contributed by atoms with van der Waals surface area (Å²) < 4.78 is 25.0. The Morgan fingerprint density at radius 2 is 1.17 bits per heavy atom. The van der Waals surface area contributed by atoms with Crippen LogP contribution < -0.4 is 0 Å². The number of rotatable bonds is 2. The second-order valence-corrected chi connectivity index (χ2v) is 5.92. The summed E-state index contributed by atoms with van der Waals surface area (Å²) in [6.45, 7) is 11.6. The van der Waals surface area contributed by atoms with Crippen molar-refractivity contribution in [3.63, 3.8) is 0 Å². The molecule has 0 radical (unpaired) electrons. The van der Waals surface area contributed by atoms with Gasteiger partial charge < -0.3 is 4.90 Å². The summed E-state index contributed by atoms with van der Waals surface area (Å²) in [5.74, 6) is 0. The molecule has 2 rings (SSSR count). The van der Waals surface area contributed by atoms with E-state index in [1.807, 2.05) is 18.7 Å². The van der Waals surface area contributed by atoms with Crippen LogP contribution in [0.2, 0.25) is 0 Å². The van der Waals surface area contributed by atoms with Gasteiger partial charge in [0.05, 0.1) is 0 Å². The van der Waals surface area contributed by atoms with Gasteiger partial charge in [0.25, 0.3) is 0 Å². The van der Waals surface area contributed by atoms with Crippen LogP contribution in [0.15, 0.2) is 0 Å². The lowest BCUT2D eigenvalue weighted by Gasteiger charge is -2.18. The fourth-order valence-electron chi connectivity index (χ4n) is 2.43. The van der Waals surface area contributed by atoms with Crippen LogP contribution in [0.1, 0.15) is 40.5 Å². The molecule has 108 valence electrons. The summed E-state index contributed by atoms with van der Waals surface area (Å²) in [7, 11) is 0. The van der Waals surface area contributed by atoms with Gasteiger partial charge in [0.15, 0.2) is 0 Å². The fraction of sp³-hybridized carbons (Fsp3) is 1.00. The van der Waals surface area contributed by atoms with Crippen LogP contribution in [-0.4, -0.2) is 60.4 Å². The second-order valence-electron chi connectivity index (χ2n) is 5.92. The summed E-state index contributed by atoms with van der Waals surface area (Å²) in [6, 6.07) is 1.04. The van der Waals surface area contributed by atoms with Crippen LogP contribution in [0.5, 0.6) is 0 Å². The van der Waals surface area contributed by atoms with Crippen LogP contribution in [0.4, 0.5) is 8.78 Å². The fourth-order valence-corrected chi connectivity index (χ4v) is 2.43. The van der Waals surface area contributed by atoms with Crippen LogP contribution in [-0.2, 0) is 0 Å². The third kappa shape index (κ3) is 4.81. The summed E-state index contributed by atoms with van der Waals surface area (Å²) in [6.07, 6.45) is 0.306. The van der Waals surface area contributed by atoms with Crippen molar-refractivity contribution in [2.75, 3.05) is 26.2 Å². The van der Waals surface area contributed by atoms with Gasteiger partial charge in [-0.2, -0.15) is 0 Å². The second kappa shape index (κ2) is 7.39. The Kier molecular flexibility index (Phi) is 6.50. The van der Waals surface area contributed by atoms with E-state index in [2.05, 4.69) is 18.7 Å². The lowest BCUT2D eigenvalue weighted by atomic mass is 10.3. The van der Waals surface area contributed by atoms with Gasteiger partial charge in [0.1, 0.15) is 12.3 Å². The van der Waals surface area contributed by atoms with Crippen molar-refractivity contribution in [2.45, 2.75) is 65.0 Å². The van der Waals surface area contributed by atoms with Gasteiger partial charge in [0.2, 0.25) is 0 Å². The molecular weight excluding hydrogens is 234 g/mol. The van der Waals surface area contributed by atoms with E-state index in [0.717, 1.165) is 6.04 Å². The molecule has 4 heteroatoms. The minimum atomic E-state index is -1.26. The quantitative estimate of drug-likeness (QED) is 0.755. The van der Waals surface area contributed by atoms with E-state index in [9.17, 15) is 8.78 Å². The van der Waals surface area contributed by atoms with E-state index >= 15 is 0 Å². The highest BCUT2D eigenvalue weighted by molar-refractivity contribution is 4.85. The lowest BCUT2D eigenvalue weighted by Crippen LogP contribution is -2.28. The monoisotopic (exact) mass is 262 g/mol. The molecule has 0 aromatic heterocycles. The summed E-state index contributed by atoms with van der Waals surface area (Å²) in [5, 5.41) is 0. The normalized spacial score (nSPS) is 30.0. The van der Waals surface area contributed by atoms with E-state index in [-0.39, 0.29) is 19.1 Å². The summed E-state index contributed by atoms with van der Waals surface area (Å²) in [4.78, 5) is 4.34. The van der Waals surface area contributed by atoms with Crippen molar-refractivity contribution >= 4 is 0 Å². The minimum Gasteiger partial charge on any atom is -0.301 e. The molecule has 2 aliphatic heterocycles. The van der Waals surface area contributed by atoms with Crippen molar-refractivity contribution in [3.05, 3.63) is 0 Å². The van der Waals surface area contributed by atoms with Gasteiger partial charge in [-0.25, -0.2) is 8.78 Å². The maximum atomic E-state index is 12.5. The summed E-state index contributed by atoms with van der Waals surface area (Å²) >= 11 is 0. The van der Waals surface area contributed by atoms with Gasteiger partial charge in [-0.15, -0.1) is 0 Å². The zero-order valence-corrected chi connectivity index (χ0v) is 12.2. The molecule has 0 saturated carbocycles. The van der Waals surface area contributed by atoms with Crippen LogP contribution >= 0.6 is 0 Å². The standard InChI is InChI=1S/C7H13F2N.C7H15N/c1-5(2)10-3-6(8)7(9)4-10;1-7(2)8-5-3-4-6-8/h5-7H,3-4H2,1-2H3;7H,3-6H2,1-2H3. The Bertz CT molecular complexity index is 218. The van der Waals surface area contributed by atoms with Crippen molar-refractivity contribution in [3.8, 4) is 0 Å². The molecule has 2 aliphatic rings. The van der Waals surface area contributed by atoms with Gasteiger partial charge in [-0.05, 0) is 53.6 Å². The molecule has 0 aromatic rings. The molecule has 18 heavy (non-hydrogen) atoms. The molecule has 2 fully saturated rings. The zero-order chi connectivity index (χ0) is 13.7. The average molecular weight is 262 g/mol. The molecule has 0 aliphatic carbocycles. The number of nitrogens with zero attached hydrogens (tertiary/aromatic N) is 2. The van der Waals surface area contributed by atoms with E-state index in [4.69, 9.17) is 0 Å². The molecule has 2 unspecified atom stereocenters. The first-order valence-corrected chi connectivity index (χ1v) is 7.18. The highest BCUT2D eigenvalue weighted by Gasteiger charge is 2.33.